The highest BCUT2D eigenvalue weighted by Gasteiger charge is 2.18. The van der Waals surface area contributed by atoms with Crippen molar-refractivity contribution in [3.8, 4) is 12.3 Å². The van der Waals surface area contributed by atoms with Crippen LogP contribution in [0.25, 0.3) is 0 Å². The Morgan fingerprint density at radius 1 is 1.15 bits per heavy atom. The molecule has 1 amide bonds. The minimum absolute atomic E-state index is 0.206. The van der Waals surface area contributed by atoms with Gasteiger partial charge in [-0.1, -0.05) is 17.5 Å². The van der Waals surface area contributed by atoms with E-state index in [-0.39, 0.29) is 12.5 Å². The van der Waals surface area contributed by atoms with Crippen LogP contribution in [0.1, 0.15) is 16.1 Å². The summed E-state index contributed by atoms with van der Waals surface area (Å²) in [5, 5.41) is 3.28. The third-order valence-electron chi connectivity index (χ3n) is 4.23. The van der Waals surface area contributed by atoms with E-state index in [2.05, 4.69) is 31.0 Å². The van der Waals surface area contributed by atoms with Gasteiger partial charge in [0.05, 0.1) is 22.8 Å². The molecule has 0 unspecified atom stereocenters. The average molecular weight is 370 g/mol. The summed E-state index contributed by atoms with van der Waals surface area (Å²) in [4.78, 5) is 25.2. The minimum Gasteiger partial charge on any atom is -0.354 e. The third kappa shape index (κ3) is 4.72. The van der Waals surface area contributed by atoms with E-state index in [0.29, 0.717) is 10.6 Å². The van der Waals surface area contributed by atoms with Crippen LogP contribution in [0.15, 0.2) is 36.7 Å². The standard InChI is InChI=1S/C19H20ClN5O/c1-2-7-21-19(26)15-3-6-18(23-12-15)25-10-8-24(9-11-25)14-17-5-4-16(20)13-22-17/h1,3-6,12-13H,7-11,14H2,(H,21,26). The summed E-state index contributed by atoms with van der Waals surface area (Å²) >= 11 is 5.87. The first-order chi connectivity index (χ1) is 12.7. The van der Waals surface area contributed by atoms with Gasteiger partial charge in [0, 0.05) is 45.1 Å². The zero-order chi connectivity index (χ0) is 18.4. The fourth-order valence-corrected chi connectivity index (χ4v) is 2.92. The molecule has 134 valence electrons. The Kier molecular flexibility index (Phi) is 6.05. The molecule has 0 spiro atoms. The summed E-state index contributed by atoms with van der Waals surface area (Å²) in [6, 6.07) is 7.48. The van der Waals surface area contributed by atoms with Crippen LogP contribution in [-0.2, 0) is 6.54 Å². The van der Waals surface area contributed by atoms with E-state index in [1.54, 1.807) is 18.5 Å². The Balaban J connectivity index is 1.52. The predicted octanol–water partition coefficient (Wildman–Crippen LogP) is 1.82. The summed E-state index contributed by atoms with van der Waals surface area (Å²) in [6.07, 6.45) is 8.41. The molecular formula is C19H20ClN5O. The van der Waals surface area contributed by atoms with Crippen LogP contribution in [-0.4, -0.2) is 53.5 Å². The monoisotopic (exact) mass is 369 g/mol. The number of pyridine rings is 2. The van der Waals surface area contributed by atoms with E-state index in [0.717, 1.165) is 44.2 Å². The SMILES string of the molecule is C#CCNC(=O)c1ccc(N2CCN(Cc3ccc(Cl)cn3)CC2)nc1. The second-order valence-electron chi connectivity index (χ2n) is 6.02. The molecule has 0 bridgehead atoms. The van der Waals surface area contributed by atoms with Gasteiger partial charge < -0.3 is 10.2 Å². The number of piperazine rings is 1. The van der Waals surface area contributed by atoms with Crippen molar-refractivity contribution in [3.05, 3.63) is 52.9 Å². The first-order valence-corrected chi connectivity index (χ1v) is 8.79. The fourth-order valence-electron chi connectivity index (χ4n) is 2.80. The molecule has 2 aromatic rings. The topological polar surface area (TPSA) is 61.4 Å². The number of anilines is 1. The highest BCUT2D eigenvalue weighted by atomic mass is 35.5. The summed E-state index contributed by atoms with van der Waals surface area (Å²) < 4.78 is 0. The van der Waals surface area contributed by atoms with Gasteiger partial charge >= 0.3 is 0 Å². The van der Waals surface area contributed by atoms with Gasteiger partial charge in [-0.15, -0.1) is 6.42 Å². The lowest BCUT2D eigenvalue weighted by molar-refractivity contribution is 0.0958. The van der Waals surface area contributed by atoms with Crippen LogP contribution < -0.4 is 10.2 Å². The second kappa shape index (κ2) is 8.65. The minimum atomic E-state index is -0.206. The molecule has 0 atom stereocenters. The second-order valence-corrected chi connectivity index (χ2v) is 6.46. The van der Waals surface area contributed by atoms with Gasteiger partial charge in [-0.25, -0.2) is 4.98 Å². The van der Waals surface area contributed by atoms with Crippen molar-refractivity contribution >= 4 is 23.3 Å². The molecule has 1 aliphatic heterocycles. The Labute approximate surface area is 158 Å². The van der Waals surface area contributed by atoms with Crippen LogP contribution in [0.5, 0.6) is 0 Å². The molecule has 6 nitrogen and oxygen atoms in total. The van der Waals surface area contributed by atoms with Gasteiger partial charge in [-0.3, -0.25) is 14.7 Å². The number of aromatic nitrogens is 2. The van der Waals surface area contributed by atoms with Crippen LogP contribution in [0.4, 0.5) is 5.82 Å². The molecule has 1 fully saturated rings. The summed E-state index contributed by atoms with van der Waals surface area (Å²) in [6.45, 7) is 4.64. The highest BCUT2D eigenvalue weighted by molar-refractivity contribution is 6.30. The molecule has 26 heavy (non-hydrogen) atoms. The lowest BCUT2D eigenvalue weighted by Gasteiger charge is -2.35. The van der Waals surface area contributed by atoms with Crippen molar-refractivity contribution in [3.63, 3.8) is 0 Å². The number of halogens is 1. The molecule has 0 radical (unpaired) electrons. The first-order valence-electron chi connectivity index (χ1n) is 8.41. The van der Waals surface area contributed by atoms with Gasteiger partial charge in [-0.05, 0) is 24.3 Å². The van der Waals surface area contributed by atoms with E-state index in [4.69, 9.17) is 18.0 Å². The number of nitrogens with zero attached hydrogens (tertiary/aromatic N) is 4. The zero-order valence-electron chi connectivity index (χ0n) is 14.4. The van der Waals surface area contributed by atoms with Gasteiger partial charge in [0.15, 0.2) is 0 Å². The van der Waals surface area contributed by atoms with E-state index >= 15 is 0 Å². The molecule has 0 saturated carbocycles. The lowest BCUT2D eigenvalue weighted by atomic mass is 10.2. The number of carbonyl (C=O) groups is 1. The molecule has 1 saturated heterocycles. The number of terminal acetylenes is 1. The van der Waals surface area contributed by atoms with E-state index in [9.17, 15) is 4.79 Å². The van der Waals surface area contributed by atoms with Crippen molar-refractivity contribution < 1.29 is 4.79 Å². The predicted molar refractivity (Wildman–Crippen MR) is 102 cm³/mol. The van der Waals surface area contributed by atoms with Crippen LogP contribution in [0, 0.1) is 12.3 Å². The zero-order valence-corrected chi connectivity index (χ0v) is 15.1. The van der Waals surface area contributed by atoms with Gasteiger partial charge in [0.25, 0.3) is 5.91 Å². The highest BCUT2D eigenvalue weighted by Crippen LogP contribution is 2.16. The average Bonchev–Trinajstić information content (AvgIpc) is 2.68. The summed E-state index contributed by atoms with van der Waals surface area (Å²) in [7, 11) is 0. The molecule has 1 aliphatic rings. The van der Waals surface area contributed by atoms with E-state index in [1.807, 2.05) is 18.2 Å². The van der Waals surface area contributed by atoms with Crippen LogP contribution in [0.3, 0.4) is 0 Å². The number of hydrogen-bond donors (Lipinski definition) is 1. The quantitative estimate of drug-likeness (QED) is 0.814. The van der Waals surface area contributed by atoms with Crippen molar-refractivity contribution in [2.45, 2.75) is 6.54 Å². The van der Waals surface area contributed by atoms with Crippen molar-refractivity contribution in [1.29, 1.82) is 0 Å². The molecule has 0 aromatic carbocycles. The maximum Gasteiger partial charge on any atom is 0.253 e. The molecule has 1 N–H and O–H groups in total. The van der Waals surface area contributed by atoms with Crippen molar-refractivity contribution in [2.75, 3.05) is 37.6 Å². The van der Waals surface area contributed by atoms with Crippen LogP contribution in [0.2, 0.25) is 5.02 Å². The fraction of sp³-hybridized carbons (Fsp3) is 0.316. The first kappa shape index (κ1) is 18.2. The van der Waals surface area contributed by atoms with E-state index in [1.165, 1.54) is 0 Å². The Bertz CT molecular complexity index is 777. The number of nitrogens with one attached hydrogen (secondary N) is 1. The van der Waals surface area contributed by atoms with Crippen molar-refractivity contribution in [2.24, 2.45) is 0 Å². The van der Waals surface area contributed by atoms with Crippen molar-refractivity contribution in [1.82, 2.24) is 20.2 Å². The van der Waals surface area contributed by atoms with E-state index < -0.39 is 0 Å². The molecule has 3 heterocycles. The maximum atomic E-state index is 11.8. The van der Waals surface area contributed by atoms with Gasteiger partial charge in [0.1, 0.15) is 5.82 Å². The largest absolute Gasteiger partial charge is 0.354 e. The maximum absolute atomic E-state index is 11.8. The van der Waals surface area contributed by atoms with Crippen LogP contribution >= 0.6 is 11.6 Å². The lowest BCUT2D eigenvalue weighted by Crippen LogP contribution is -2.46. The molecule has 0 aliphatic carbocycles. The third-order valence-corrected chi connectivity index (χ3v) is 4.46. The molecule has 3 rings (SSSR count). The molecule has 7 heteroatoms. The number of hydrogen-bond acceptors (Lipinski definition) is 5. The Hall–Kier alpha value is -2.62. The normalized spacial score (nSPS) is 14.7. The van der Waals surface area contributed by atoms with Gasteiger partial charge in [0.2, 0.25) is 0 Å². The smallest absolute Gasteiger partial charge is 0.253 e. The number of carbonyl (C=O) groups excluding carboxylic acids is 1. The molecular weight excluding hydrogens is 350 g/mol. The Morgan fingerprint density at radius 2 is 1.96 bits per heavy atom. The Morgan fingerprint density at radius 3 is 2.58 bits per heavy atom. The molecule has 2 aromatic heterocycles. The van der Waals surface area contributed by atoms with Gasteiger partial charge in [-0.2, -0.15) is 0 Å². The summed E-state index contributed by atoms with van der Waals surface area (Å²) in [5.74, 6) is 3.05. The number of amides is 1. The summed E-state index contributed by atoms with van der Waals surface area (Å²) in [5.41, 5.74) is 1.53. The number of rotatable bonds is 5.